The third kappa shape index (κ3) is 2.59. The Kier molecular flexibility index (Phi) is 4.12. The molecule has 3 rings (SSSR count). The number of ether oxygens (including phenoxy) is 1. The monoisotopic (exact) mass is 359 g/mol. The molecule has 1 N–H and O–H groups in total. The van der Waals surface area contributed by atoms with E-state index in [9.17, 15) is 14.2 Å². The number of phosphoric acid groups is 1. The molecule has 1 aromatic rings. The summed E-state index contributed by atoms with van der Waals surface area (Å²) in [5, 5.41) is 3.71. The molecule has 0 spiro atoms. The van der Waals surface area contributed by atoms with Crippen LogP contribution in [-0.4, -0.2) is 41.0 Å². The largest absolute Gasteiger partial charge is 0.474 e. The van der Waals surface area contributed by atoms with E-state index in [1.54, 1.807) is 0 Å². The molecule has 2 aliphatic rings. The Morgan fingerprint density at radius 2 is 2.33 bits per heavy atom. The maximum atomic E-state index is 12.2. The van der Waals surface area contributed by atoms with Gasteiger partial charge in [-0.3, -0.25) is 27.9 Å². The summed E-state index contributed by atoms with van der Waals surface area (Å²) in [6.07, 6.45) is -1.61. The number of hydrogen-bond acceptors (Lipinski definition) is 8. The second-order valence-electron chi connectivity index (χ2n) is 5.41. The molecule has 2 saturated heterocycles. The van der Waals surface area contributed by atoms with Crippen LogP contribution >= 0.6 is 7.82 Å². The Labute approximate surface area is 134 Å². The maximum Gasteiger partial charge on any atom is 0.474 e. The van der Waals surface area contributed by atoms with E-state index in [1.165, 1.54) is 13.1 Å². The molecule has 1 aromatic heterocycles. The Morgan fingerprint density at radius 3 is 2.96 bits per heavy atom. The molecule has 0 amide bonds. The second-order valence-corrected chi connectivity index (χ2v) is 7.14. The Hall–Kier alpha value is -1.94. The Morgan fingerprint density at radius 1 is 1.58 bits per heavy atom. The van der Waals surface area contributed by atoms with Crippen molar-refractivity contribution >= 4 is 7.82 Å². The molecule has 0 bridgehead atoms. The van der Waals surface area contributed by atoms with Gasteiger partial charge in [0.1, 0.15) is 17.7 Å². The predicted octanol–water partition coefficient (Wildman–Crippen LogP) is 0.673. The van der Waals surface area contributed by atoms with E-state index in [2.05, 4.69) is 15.0 Å². The van der Waals surface area contributed by atoms with E-state index in [0.717, 1.165) is 17.7 Å². The molecule has 0 saturated carbocycles. The van der Waals surface area contributed by atoms with Gasteiger partial charge in [0, 0.05) is 24.3 Å². The van der Waals surface area contributed by atoms with Crippen molar-refractivity contribution in [1.82, 2.24) is 9.55 Å². The van der Waals surface area contributed by atoms with Crippen LogP contribution in [0.4, 0.5) is 0 Å². The van der Waals surface area contributed by atoms with Crippen LogP contribution in [0.2, 0.25) is 0 Å². The first-order valence-electron chi connectivity index (χ1n) is 6.85. The zero-order chi connectivity index (χ0) is 17.5. The fourth-order valence-corrected chi connectivity index (χ4v) is 3.99. The summed E-state index contributed by atoms with van der Waals surface area (Å²) < 4.78 is 34.2. The minimum atomic E-state index is -3.81. The summed E-state index contributed by atoms with van der Waals surface area (Å²) in [5.41, 5.74) is 6.16. The highest BCUT2D eigenvalue weighted by atomic mass is 31.2. The number of rotatable bonds is 3. The van der Waals surface area contributed by atoms with Gasteiger partial charge in [0.15, 0.2) is 6.23 Å². The van der Waals surface area contributed by atoms with Crippen molar-refractivity contribution in [3.05, 3.63) is 43.5 Å². The van der Waals surface area contributed by atoms with E-state index >= 15 is 0 Å². The maximum absolute atomic E-state index is 12.2. The molecule has 0 aliphatic carbocycles. The van der Waals surface area contributed by atoms with Gasteiger partial charge in [0.25, 0.3) is 5.56 Å². The van der Waals surface area contributed by atoms with Crippen molar-refractivity contribution in [2.24, 2.45) is 5.11 Å². The summed E-state index contributed by atoms with van der Waals surface area (Å²) >= 11 is 0. The zero-order valence-corrected chi connectivity index (χ0v) is 13.6. The van der Waals surface area contributed by atoms with E-state index in [1.807, 2.05) is 0 Å². The lowest BCUT2D eigenvalue weighted by atomic mass is 9.93. The van der Waals surface area contributed by atoms with E-state index in [0.29, 0.717) is 0 Å². The molecule has 130 valence electrons. The third-order valence-electron chi connectivity index (χ3n) is 3.94. The number of fused-ring (bicyclic) bond motifs is 1. The van der Waals surface area contributed by atoms with Gasteiger partial charge in [0.2, 0.25) is 0 Å². The minimum absolute atomic E-state index is 0.138. The number of H-pyrrole nitrogens is 1. The molecule has 2 fully saturated rings. The van der Waals surface area contributed by atoms with Crippen molar-refractivity contribution in [2.75, 3.05) is 13.7 Å². The van der Waals surface area contributed by atoms with Gasteiger partial charge in [-0.15, -0.1) is 0 Å². The molecular formula is C11H14N5O7P. The van der Waals surface area contributed by atoms with E-state index in [4.69, 9.17) is 23.8 Å². The fourth-order valence-electron chi connectivity index (χ4n) is 2.78. The summed E-state index contributed by atoms with van der Waals surface area (Å²) in [4.78, 5) is 28.2. The van der Waals surface area contributed by atoms with Gasteiger partial charge >= 0.3 is 13.5 Å². The highest BCUT2D eigenvalue weighted by molar-refractivity contribution is 7.48. The van der Waals surface area contributed by atoms with Crippen molar-refractivity contribution in [2.45, 2.75) is 30.9 Å². The normalized spacial score (nSPS) is 38.3. The lowest BCUT2D eigenvalue weighted by Crippen LogP contribution is -2.47. The van der Waals surface area contributed by atoms with Crippen LogP contribution in [0.15, 0.2) is 27.0 Å². The molecule has 1 unspecified atom stereocenters. The third-order valence-corrected chi connectivity index (χ3v) is 5.34. The average molecular weight is 359 g/mol. The number of phosphoric ester groups is 1. The number of aromatic nitrogens is 2. The van der Waals surface area contributed by atoms with Crippen LogP contribution in [0.3, 0.4) is 0 Å². The predicted molar refractivity (Wildman–Crippen MR) is 78.2 cm³/mol. The standard InChI is InChI=1S/C11H14N5O7P/c1-11(14-15-12)8-6(5-21-24(19,20-2)23-8)22-9(11)16-4-3-7(17)13-10(16)18/h3-4,6,8-9H,5H2,1-2H3,(H,13,17,18)/t6-,8-,9-,11-,24?/m1/s1. The fraction of sp³-hybridized carbons (Fsp3) is 0.636. The van der Waals surface area contributed by atoms with Crippen LogP contribution in [0.25, 0.3) is 10.4 Å². The smallest absolute Gasteiger partial charge is 0.349 e. The number of nitrogens with zero attached hydrogens (tertiary/aromatic N) is 4. The van der Waals surface area contributed by atoms with Crippen LogP contribution in [0, 0.1) is 0 Å². The first-order chi connectivity index (χ1) is 11.3. The van der Waals surface area contributed by atoms with Gasteiger partial charge in [-0.1, -0.05) is 5.11 Å². The lowest BCUT2D eigenvalue weighted by molar-refractivity contribution is -0.0702. The molecule has 12 nitrogen and oxygen atoms in total. The Bertz CT molecular complexity index is 861. The van der Waals surface area contributed by atoms with Gasteiger partial charge in [0.05, 0.1) is 6.61 Å². The van der Waals surface area contributed by atoms with Crippen molar-refractivity contribution < 1.29 is 22.9 Å². The molecular weight excluding hydrogens is 345 g/mol. The molecule has 5 atom stereocenters. The number of aromatic amines is 1. The molecule has 0 radical (unpaired) electrons. The van der Waals surface area contributed by atoms with Crippen LogP contribution in [-0.2, 0) is 22.9 Å². The average Bonchev–Trinajstić information content (AvgIpc) is 2.80. The number of azide groups is 1. The van der Waals surface area contributed by atoms with E-state index in [-0.39, 0.29) is 6.61 Å². The SMILES string of the molecule is COP1(=O)OC[C@H]2O[C@@H](n3ccc(=O)[nH]c3=O)[C@](C)(N=[N+]=[N-])[C@@H]2O1. The van der Waals surface area contributed by atoms with Crippen LogP contribution in [0.1, 0.15) is 13.2 Å². The highest BCUT2D eigenvalue weighted by Gasteiger charge is 2.60. The van der Waals surface area contributed by atoms with Crippen LogP contribution < -0.4 is 11.2 Å². The van der Waals surface area contributed by atoms with Crippen LogP contribution in [0.5, 0.6) is 0 Å². The first-order valence-corrected chi connectivity index (χ1v) is 8.31. The zero-order valence-electron chi connectivity index (χ0n) is 12.7. The second kappa shape index (κ2) is 5.85. The highest BCUT2D eigenvalue weighted by Crippen LogP contribution is 2.58. The minimum Gasteiger partial charge on any atom is -0.349 e. The van der Waals surface area contributed by atoms with Gasteiger partial charge < -0.3 is 4.74 Å². The van der Waals surface area contributed by atoms with Crippen molar-refractivity contribution in [3.63, 3.8) is 0 Å². The van der Waals surface area contributed by atoms with E-state index < -0.39 is 43.0 Å². The molecule has 0 aromatic carbocycles. The summed E-state index contributed by atoms with van der Waals surface area (Å²) in [6.45, 7) is 1.35. The summed E-state index contributed by atoms with van der Waals surface area (Å²) in [6, 6.07) is 1.13. The lowest BCUT2D eigenvalue weighted by Gasteiger charge is -2.34. The summed E-state index contributed by atoms with van der Waals surface area (Å²) in [5.74, 6) is 0. The van der Waals surface area contributed by atoms with Gasteiger partial charge in [-0.05, 0) is 12.5 Å². The Balaban J connectivity index is 2.08. The van der Waals surface area contributed by atoms with Gasteiger partial charge in [-0.2, -0.15) is 0 Å². The number of nitrogens with one attached hydrogen (secondary N) is 1. The van der Waals surface area contributed by atoms with Crippen molar-refractivity contribution in [1.29, 1.82) is 0 Å². The first kappa shape index (κ1) is 16.9. The quantitative estimate of drug-likeness (QED) is 0.359. The molecule has 3 heterocycles. The number of hydrogen-bond donors (Lipinski definition) is 1. The van der Waals surface area contributed by atoms with Crippen molar-refractivity contribution in [3.8, 4) is 0 Å². The summed E-state index contributed by atoms with van der Waals surface area (Å²) in [7, 11) is -2.66. The van der Waals surface area contributed by atoms with Gasteiger partial charge in [-0.25, -0.2) is 9.36 Å². The molecule has 13 heteroatoms. The molecule has 2 aliphatic heterocycles. The molecule has 24 heavy (non-hydrogen) atoms. The topological polar surface area (TPSA) is 158 Å².